The predicted molar refractivity (Wildman–Crippen MR) is 72.3 cm³/mol. The van der Waals surface area contributed by atoms with Crippen molar-refractivity contribution in [1.82, 2.24) is 4.90 Å². The van der Waals surface area contributed by atoms with Gasteiger partial charge >= 0.3 is 5.97 Å². The summed E-state index contributed by atoms with van der Waals surface area (Å²) in [5.41, 5.74) is 0. The summed E-state index contributed by atoms with van der Waals surface area (Å²) in [6.07, 6.45) is 2.27. The van der Waals surface area contributed by atoms with Gasteiger partial charge in [0.1, 0.15) is 0 Å². The molecular formula is C12H16BrNO2S. The van der Waals surface area contributed by atoms with Crippen molar-refractivity contribution in [1.29, 1.82) is 0 Å². The van der Waals surface area contributed by atoms with Gasteiger partial charge in [0.15, 0.2) is 0 Å². The number of aliphatic carboxylic acids is 1. The van der Waals surface area contributed by atoms with E-state index in [1.165, 1.54) is 4.88 Å². The fraction of sp³-hybridized carbons (Fsp3) is 0.583. The highest BCUT2D eigenvalue weighted by atomic mass is 79.9. The molecule has 1 fully saturated rings. The maximum atomic E-state index is 10.5. The molecule has 0 spiro atoms. The number of hydrogen-bond acceptors (Lipinski definition) is 3. The number of hydrogen-bond donors (Lipinski definition) is 1. The van der Waals surface area contributed by atoms with Crippen molar-refractivity contribution in [2.24, 2.45) is 5.92 Å². The second kappa shape index (κ2) is 5.98. The Morgan fingerprint density at radius 1 is 1.65 bits per heavy atom. The molecule has 1 aromatic rings. The molecule has 1 saturated heterocycles. The normalized spacial score (nSPS) is 20.9. The summed E-state index contributed by atoms with van der Waals surface area (Å²) in [6.45, 7) is 3.14. The minimum atomic E-state index is -0.675. The summed E-state index contributed by atoms with van der Waals surface area (Å²) in [5.74, 6) is -0.111. The van der Waals surface area contributed by atoms with Crippen molar-refractivity contribution in [2.75, 3.05) is 13.1 Å². The lowest BCUT2D eigenvalue weighted by Crippen LogP contribution is -2.19. The van der Waals surface area contributed by atoms with Crippen LogP contribution in [-0.2, 0) is 11.3 Å². The molecule has 0 amide bonds. The smallest absolute Gasteiger partial charge is 0.303 e. The Labute approximate surface area is 114 Å². The highest BCUT2D eigenvalue weighted by Crippen LogP contribution is 2.26. The minimum Gasteiger partial charge on any atom is -0.481 e. The number of carbonyl (C=O) groups is 1. The van der Waals surface area contributed by atoms with Crippen molar-refractivity contribution in [3.8, 4) is 0 Å². The van der Waals surface area contributed by atoms with E-state index >= 15 is 0 Å². The lowest BCUT2D eigenvalue weighted by atomic mass is 10.0. The molecule has 1 aliphatic rings. The standard InChI is InChI=1S/C12H16BrNO2S/c13-10-5-11(17-8-10)7-14-4-3-9(6-14)1-2-12(15)16/h5,8-9H,1-4,6-7H2,(H,15,16). The monoisotopic (exact) mass is 317 g/mol. The molecule has 0 aromatic carbocycles. The van der Waals surface area contributed by atoms with Crippen LogP contribution < -0.4 is 0 Å². The molecule has 17 heavy (non-hydrogen) atoms. The average Bonchev–Trinajstić information content (AvgIpc) is 2.86. The van der Waals surface area contributed by atoms with Crippen LogP contribution >= 0.6 is 27.3 Å². The zero-order chi connectivity index (χ0) is 12.3. The third-order valence-corrected chi connectivity index (χ3v) is 4.82. The Bertz CT molecular complexity index is 394. The molecule has 3 nitrogen and oxygen atoms in total. The first kappa shape index (κ1) is 13.1. The summed E-state index contributed by atoms with van der Waals surface area (Å²) < 4.78 is 1.15. The van der Waals surface area contributed by atoms with Gasteiger partial charge in [-0.2, -0.15) is 0 Å². The molecule has 0 aliphatic carbocycles. The summed E-state index contributed by atoms with van der Waals surface area (Å²) >= 11 is 5.23. The van der Waals surface area contributed by atoms with Crippen LogP contribution in [0.4, 0.5) is 0 Å². The fourth-order valence-electron chi connectivity index (χ4n) is 2.28. The van der Waals surface area contributed by atoms with Gasteiger partial charge in [0, 0.05) is 34.2 Å². The third-order valence-electron chi connectivity index (χ3n) is 3.14. The minimum absolute atomic E-state index is 0.309. The van der Waals surface area contributed by atoms with Crippen LogP contribution in [0.1, 0.15) is 24.1 Å². The Kier molecular flexibility index (Phi) is 4.59. The van der Waals surface area contributed by atoms with Crippen LogP contribution in [0.3, 0.4) is 0 Å². The van der Waals surface area contributed by atoms with Gasteiger partial charge in [-0.15, -0.1) is 11.3 Å². The molecule has 2 rings (SSSR count). The van der Waals surface area contributed by atoms with Gasteiger partial charge in [0.25, 0.3) is 0 Å². The molecule has 5 heteroatoms. The SMILES string of the molecule is O=C(O)CCC1CCN(Cc2cc(Br)cs2)C1. The molecule has 1 aromatic heterocycles. The van der Waals surface area contributed by atoms with Crippen LogP contribution in [0.25, 0.3) is 0 Å². The van der Waals surface area contributed by atoms with E-state index in [0.29, 0.717) is 12.3 Å². The Morgan fingerprint density at radius 2 is 2.47 bits per heavy atom. The van der Waals surface area contributed by atoms with E-state index in [1.807, 2.05) is 0 Å². The molecule has 1 N–H and O–H groups in total. The molecule has 94 valence electrons. The van der Waals surface area contributed by atoms with Crippen LogP contribution in [0.2, 0.25) is 0 Å². The maximum absolute atomic E-state index is 10.5. The second-order valence-corrected chi connectivity index (χ2v) is 6.46. The van der Waals surface area contributed by atoms with Gasteiger partial charge in [-0.1, -0.05) is 0 Å². The first-order chi connectivity index (χ1) is 8.13. The van der Waals surface area contributed by atoms with Crippen LogP contribution in [-0.4, -0.2) is 29.1 Å². The van der Waals surface area contributed by atoms with E-state index < -0.39 is 5.97 Å². The van der Waals surface area contributed by atoms with E-state index in [2.05, 4.69) is 32.3 Å². The number of nitrogens with zero attached hydrogens (tertiary/aromatic N) is 1. The van der Waals surface area contributed by atoms with Crippen molar-refractivity contribution >= 4 is 33.2 Å². The van der Waals surface area contributed by atoms with Crippen molar-refractivity contribution in [3.05, 3.63) is 20.8 Å². The summed E-state index contributed by atoms with van der Waals surface area (Å²) in [6, 6.07) is 2.16. The van der Waals surface area contributed by atoms with Gasteiger partial charge in [-0.3, -0.25) is 9.69 Å². The lowest BCUT2D eigenvalue weighted by molar-refractivity contribution is -0.137. The number of rotatable bonds is 5. The first-order valence-electron chi connectivity index (χ1n) is 5.80. The number of carboxylic acid groups (broad SMARTS) is 1. The molecule has 1 unspecified atom stereocenters. The molecule has 2 heterocycles. The van der Waals surface area contributed by atoms with E-state index in [9.17, 15) is 4.79 Å². The zero-order valence-corrected chi connectivity index (χ0v) is 12.0. The Balaban J connectivity index is 1.76. The van der Waals surface area contributed by atoms with E-state index in [-0.39, 0.29) is 0 Å². The predicted octanol–water partition coefficient (Wildman–Crippen LogP) is 3.20. The lowest BCUT2D eigenvalue weighted by Gasteiger charge is -2.14. The van der Waals surface area contributed by atoms with E-state index in [1.54, 1.807) is 11.3 Å². The first-order valence-corrected chi connectivity index (χ1v) is 7.48. The van der Waals surface area contributed by atoms with Gasteiger partial charge in [0.2, 0.25) is 0 Å². The Morgan fingerprint density at radius 3 is 3.12 bits per heavy atom. The fourth-order valence-corrected chi connectivity index (χ4v) is 3.77. The van der Waals surface area contributed by atoms with E-state index in [0.717, 1.165) is 36.9 Å². The highest BCUT2D eigenvalue weighted by molar-refractivity contribution is 9.10. The quantitative estimate of drug-likeness (QED) is 0.906. The number of thiophene rings is 1. The van der Waals surface area contributed by atoms with E-state index in [4.69, 9.17) is 5.11 Å². The topological polar surface area (TPSA) is 40.5 Å². The number of likely N-dealkylation sites (tertiary alicyclic amines) is 1. The molecular weight excluding hydrogens is 302 g/mol. The molecule has 0 saturated carbocycles. The van der Waals surface area contributed by atoms with Gasteiger partial charge in [-0.05, 0) is 47.3 Å². The number of halogens is 1. The number of carboxylic acids is 1. The van der Waals surface area contributed by atoms with Crippen LogP contribution in [0.5, 0.6) is 0 Å². The zero-order valence-electron chi connectivity index (χ0n) is 9.56. The van der Waals surface area contributed by atoms with Gasteiger partial charge < -0.3 is 5.11 Å². The van der Waals surface area contributed by atoms with Crippen molar-refractivity contribution < 1.29 is 9.90 Å². The molecule has 1 atom stereocenters. The third kappa shape index (κ3) is 4.08. The largest absolute Gasteiger partial charge is 0.481 e. The molecule has 0 radical (unpaired) electrons. The van der Waals surface area contributed by atoms with Crippen molar-refractivity contribution in [2.45, 2.75) is 25.8 Å². The summed E-state index contributed by atoms with van der Waals surface area (Å²) in [5, 5.41) is 10.8. The highest BCUT2D eigenvalue weighted by Gasteiger charge is 2.23. The van der Waals surface area contributed by atoms with Crippen molar-refractivity contribution in [3.63, 3.8) is 0 Å². The maximum Gasteiger partial charge on any atom is 0.303 e. The second-order valence-electron chi connectivity index (χ2n) is 4.55. The molecule has 1 aliphatic heterocycles. The Hall–Kier alpha value is -0.390. The molecule has 0 bridgehead atoms. The van der Waals surface area contributed by atoms with Crippen LogP contribution in [0, 0.1) is 5.92 Å². The van der Waals surface area contributed by atoms with Gasteiger partial charge in [0.05, 0.1) is 0 Å². The van der Waals surface area contributed by atoms with Crippen LogP contribution in [0.15, 0.2) is 15.9 Å². The summed E-state index contributed by atoms with van der Waals surface area (Å²) in [4.78, 5) is 14.3. The average molecular weight is 318 g/mol. The summed E-state index contributed by atoms with van der Waals surface area (Å²) in [7, 11) is 0. The van der Waals surface area contributed by atoms with Gasteiger partial charge in [-0.25, -0.2) is 0 Å².